The Bertz CT molecular complexity index is 579. The van der Waals surface area contributed by atoms with Crippen LogP contribution in [0.5, 0.6) is 0 Å². The van der Waals surface area contributed by atoms with E-state index in [2.05, 4.69) is 4.74 Å². The zero-order valence-corrected chi connectivity index (χ0v) is 13.0. The number of alkyl halides is 6. The summed E-state index contributed by atoms with van der Waals surface area (Å²) in [5, 5.41) is -6.17. The molecule has 1 fully saturated rings. The Balaban J connectivity index is 2.92. The minimum atomic E-state index is -6.71. The second-order valence-electron chi connectivity index (χ2n) is 5.30. The Morgan fingerprint density at radius 1 is 1.21 bits per heavy atom. The van der Waals surface area contributed by atoms with Gasteiger partial charge in [0.15, 0.2) is 0 Å². The maximum atomic E-state index is 13.9. The molecule has 1 unspecified atom stereocenters. The maximum Gasteiger partial charge on any atom is 0.429 e. The lowest BCUT2D eigenvalue weighted by Gasteiger charge is -2.38. The van der Waals surface area contributed by atoms with Crippen LogP contribution in [-0.2, 0) is 24.4 Å². The Labute approximate surface area is 132 Å². The molecule has 0 aromatic heterocycles. The third-order valence-electron chi connectivity index (χ3n) is 3.78. The lowest BCUT2D eigenvalue weighted by Crippen LogP contribution is -2.59. The molecule has 6 nitrogen and oxygen atoms in total. The third kappa shape index (κ3) is 3.33. The number of hydrogen-bond donors (Lipinski definition) is 1. The van der Waals surface area contributed by atoms with Crippen molar-refractivity contribution in [2.75, 3.05) is 19.8 Å². The van der Waals surface area contributed by atoms with Crippen molar-refractivity contribution in [1.29, 1.82) is 0 Å². The predicted octanol–water partition coefficient (Wildman–Crippen LogP) is 2.10. The van der Waals surface area contributed by atoms with Gasteiger partial charge in [0.25, 0.3) is 5.67 Å². The van der Waals surface area contributed by atoms with E-state index in [9.17, 15) is 39.6 Å². The molecule has 1 aliphatic heterocycles. The molecule has 0 spiro atoms. The third-order valence-corrected chi connectivity index (χ3v) is 4.75. The zero-order chi connectivity index (χ0) is 19.0. The molecule has 0 bridgehead atoms. The number of halogens is 6. The molecule has 1 heterocycles. The highest BCUT2D eigenvalue weighted by Gasteiger charge is 2.76. The summed E-state index contributed by atoms with van der Waals surface area (Å²) in [4.78, 5) is 11.7. The molecule has 13 heteroatoms. The number of carbonyl (C=O) groups is 1. The summed E-state index contributed by atoms with van der Waals surface area (Å²) in [5.74, 6) is -1.07. The summed E-state index contributed by atoms with van der Waals surface area (Å²) in [6.07, 6.45) is -8.37. The minimum Gasteiger partial charge on any atom is -0.465 e. The maximum absolute atomic E-state index is 13.9. The van der Waals surface area contributed by atoms with Crippen LogP contribution in [0.25, 0.3) is 0 Å². The van der Waals surface area contributed by atoms with E-state index >= 15 is 0 Å². The molecule has 0 amide bonds. The van der Waals surface area contributed by atoms with Crippen LogP contribution < -0.4 is 0 Å². The standard InChI is InChI=1S/C11H14F6O6S/c1-2-8(5-22-6-8)7(18)23-4-3-9(12,10(13,14)15)11(16,17)24(19,20)21/h2-6H2,1H3,(H,19,20,21). The molecule has 24 heavy (non-hydrogen) atoms. The van der Waals surface area contributed by atoms with E-state index in [4.69, 9.17) is 9.29 Å². The summed E-state index contributed by atoms with van der Waals surface area (Å²) < 4.78 is 117. The van der Waals surface area contributed by atoms with Crippen LogP contribution in [0, 0.1) is 5.41 Å². The SMILES string of the molecule is CCC1(C(=O)OCCC(F)(C(F)(F)F)C(F)(F)S(=O)(=O)O)COC1. The van der Waals surface area contributed by atoms with Gasteiger partial charge in [0.1, 0.15) is 5.41 Å². The first kappa shape index (κ1) is 21.0. The van der Waals surface area contributed by atoms with Crippen LogP contribution in [0.1, 0.15) is 19.8 Å². The molecule has 0 aliphatic carbocycles. The fraction of sp³-hybridized carbons (Fsp3) is 0.909. The van der Waals surface area contributed by atoms with E-state index in [-0.39, 0.29) is 19.6 Å². The number of esters is 1. The normalized spacial score (nSPS) is 20.8. The van der Waals surface area contributed by atoms with Crippen molar-refractivity contribution in [3.05, 3.63) is 0 Å². The van der Waals surface area contributed by atoms with Gasteiger partial charge in [-0.3, -0.25) is 9.35 Å². The number of ether oxygens (including phenoxy) is 2. The largest absolute Gasteiger partial charge is 0.465 e. The first-order valence-electron chi connectivity index (χ1n) is 6.50. The van der Waals surface area contributed by atoms with E-state index in [0.29, 0.717) is 0 Å². The van der Waals surface area contributed by atoms with Crippen LogP contribution in [0.3, 0.4) is 0 Å². The van der Waals surface area contributed by atoms with Gasteiger partial charge < -0.3 is 9.47 Å². The number of hydrogen-bond acceptors (Lipinski definition) is 5. The average molecular weight is 388 g/mol. The van der Waals surface area contributed by atoms with Crippen LogP contribution in [0.15, 0.2) is 0 Å². The van der Waals surface area contributed by atoms with Gasteiger partial charge in [-0.2, -0.15) is 30.4 Å². The molecule has 1 N–H and O–H groups in total. The summed E-state index contributed by atoms with van der Waals surface area (Å²) in [6, 6.07) is 0. The van der Waals surface area contributed by atoms with Crippen molar-refractivity contribution in [2.24, 2.45) is 5.41 Å². The van der Waals surface area contributed by atoms with Crippen LogP contribution >= 0.6 is 0 Å². The quantitative estimate of drug-likeness (QED) is 0.408. The lowest BCUT2D eigenvalue weighted by molar-refractivity contribution is -0.285. The fourth-order valence-corrected chi connectivity index (χ4v) is 2.54. The van der Waals surface area contributed by atoms with Gasteiger partial charge in [-0.15, -0.1) is 0 Å². The number of rotatable bonds is 7. The Morgan fingerprint density at radius 2 is 1.71 bits per heavy atom. The highest BCUT2D eigenvalue weighted by Crippen LogP contribution is 2.50. The molecule has 0 radical (unpaired) electrons. The average Bonchev–Trinajstić information content (AvgIpc) is 2.34. The Kier molecular flexibility index (Phi) is 5.53. The summed E-state index contributed by atoms with van der Waals surface area (Å²) in [7, 11) is -6.71. The molecule has 0 saturated carbocycles. The van der Waals surface area contributed by atoms with Crippen LogP contribution in [-0.4, -0.2) is 55.9 Å². The fourth-order valence-electron chi connectivity index (χ4n) is 1.91. The highest BCUT2D eigenvalue weighted by atomic mass is 32.2. The molecule has 1 atom stereocenters. The van der Waals surface area contributed by atoms with Crippen molar-refractivity contribution < 1.29 is 53.6 Å². The number of carbonyl (C=O) groups excluding carboxylic acids is 1. The van der Waals surface area contributed by atoms with Crippen molar-refractivity contribution in [1.82, 2.24) is 0 Å². The lowest BCUT2D eigenvalue weighted by atomic mass is 9.83. The molecule has 0 aromatic rings. The van der Waals surface area contributed by atoms with E-state index in [0.717, 1.165) is 0 Å². The molecule has 1 saturated heterocycles. The van der Waals surface area contributed by atoms with Crippen LogP contribution in [0.2, 0.25) is 0 Å². The minimum absolute atomic E-state index is 0.0937. The van der Waals surface area contributed by atoms with Crippen molar-refractivity contribution in [3.8, 4) is 0 Å². The molecule has 142 valence electrons. The summed E-state index contributed by atoms with van der Waals surface area (Å²) in [5.41, 5.74) is -6.79. The van der Waals surface area contributed by atoms with Gasteiger partial charge in [0.05, 0.1) is 19.8 Å². The topological polar surface area (TPSA) is 89.9 Å². The van der Waals surface area contributed by atoms with Crippen molar-refractivity contribution >= 4 is 16.1 Å². The second kappa shape index (κ2) is 6.33. The van der Waals surface area contributed by atoms with Gasteiger partial charge in [-0.1, -0.05) is 6.92 Å². The zero-order valence-electron chi connectivity index (χ0n) is 12.2. The van der Waals surface area contributed by atoms with Gasteiger partial charge >= 0.3 is 27.5 Å². The molecule has 1 rings (SSSR count). The van der Waals surface area contributed by atoms with E-state index < -0.39 is 51.6 Å². The molecular formula is C11H14F6O6S. The molecule has 1 aliphatic rings. The molecular weight excluding hydrogens is 374 g/mol. The second-order valence-corrected chi connectivity index (χ2v) is 6.77. The van der Waals surface area contributed by atoms with E-state index in [1.54, 1.807) is 6.92 Å². The monoisotopic (exact) mass is 388 g/mol. The highest BCUT2D eigenvalue weighted by molar-refractivity contribution is 7.87. The first-order chi connectivity index (χ1) is 10.6. The van der Waals surface area contributed by atoms with Crippen molar-refractivity contribution in [3.63, 3.8) is 0 Å². The predicted molar refractivity (Wildman–Crippen MR) is 65.5 cm³/mol. The Morgan fingerprint density at radius 3 is 2.00 bits per heavy atom. The van der Waals surface area contributed by atoms with Gasteiger partial charge in [0.2, 0.25) is 0 Å². The summed E-state index contributed by atoms with van der Waals surface area (Å²) in [6.45, 7) is -0.111. The van der Waals surface area contributed by atoms with E-state index in [1.165, 1.54) is 0 Å². The first-order valence-corrected chi connectivity index (χ1v) is 7.94. The smallest absolute Gasteiger partial charge is 0.429 e. The van der Waals surface area contributed by atoms with E-state index in [1.807, 2.05) is 0 Å². The van der Waals surface area contributed by atoms with Gasteiger partial charge in [-0.25, -0.2) is 4.39 Å². The van der Waals surface area contributed by atoms with Gasteiger partial charge in [-0.05, 0) is 6.42 Å². The van der Waals surface area contributed by atoms with Crippen molar-refractivity contribution in [2.45, 2.75) is 36.9 Å². The Hall–Kier alpha value is -1.08. The summed E-state index contributed by atoms with van der Waals surface area (Å²) >= 11 is 0. The van der Waals surface area contributed by atoms with Gasteiger partial charge in [0, 0.05) is 6.42 Å². The molecule has 0 aromatic carbocycles. The van der Waals surface area contributed by atoms with Crippen LogP contribution in [0.4, 0.5) is 26.3 Å².